The first-order valence-electron chi connectivity index (χ1n) is 7.03. The minimum absolute atomic E-state index is 0.199. The summed E-state index contributed by atoms with van der Waals surface area (Å²) in [4.78, 5) is 23.9. The number of hydrogen-bond donors (Lipinski definition) is 2. The maximum absolute atomic E-state index is 12.0. The highest BCUT2D eigenvalue weighted by molar-refractivity contribution is 6.33. The van der Waals surface area contributed by atoms with Gasteiger partial charge in [-0.3, -0.25) is 4.79 Å². The van der Waals surface area contributed by atoms with Crippen molar-refractivity contribution in [2.45, 2.75) is 44.8 Å². The number of nitrogen functional groups attached to an aromatic ring is 1. The minimum atomic E-state index is -0.838. The third-order valence-electron chi connectivity index (χ3n) is 3.59. The average Bonchev–Trinajstić information content (AvgIpc) is 2.94. The number of halogens is 1. The summed E-state index contributed by atoms with van der Waals surface area (Å²) >= 11 is 5.80. The van der Waals surface area contributed by atoms with E-state index in [2.05, 4.69) is 5.32 Å². The van der Waals surface area contributed by atoms with E-state index in [1.807, 2.05) is 0 Å². The number of hydrogen-bond acceptors (Lipinski definition) is 4. The Hall–Kier alpha value is -1.75. The molecule has 114 valence electrons. The van der Waals surface area contributed by atoms with Crippen molar-refractivity contribution in [1.29, 1.82) is 0 Å². The van der Waals surface area contributed by atoms with Crippen LogP contribution < -0.4 is 11.1 Å². The fourth-order valence-corrected chi connectivity index (χ4v) is 2.46. The maximum atomic E-state index is 12.0. The van der Waals surface area contributed by atoms with Crippen LogP contribution in [0.3, 0.4) is 0 Å². The van der Waals surface area contributed by atoms with Crippen molar-refractivity contribution in [1.82, 2.24) is 5.32 Å². The average molecular weight is 311 g/mol. The van der Waals surface area contributed by atoms with Crippen molar-refractivity contribution < 1.29 is 14.3 Å². The molecule has 0 bridgehead atoms. The van der Waals surface area contributed by atoms with E-state index in [1.165, 1.54) is 18.2 Å². The number of nitrogens with two attached hydrogens (primary N) is 1. The van der Waals surface area contributed by atoms with Crippen LogP contribution in [0.25, 0.3) is 0 Å². The van der Waals surface area contributed by atoms with E-state index in [-0.39, 0.29) is 17.5 Å². The third-order valence-corrected chi connectivity index (χ3v) is 3.93. The Morgan fingerprint density at radius 2 is 2.05 bits per heavy atom. The Kier molecular flexibility index (Phi) is 5.07. The van der Waals surface area contributed by atoms with Crippen molar-refractivity contribution >= 4 is 29.2 Å². The molecule has 0 aliphatic heterocycles. The van der Waals surface area contributed by atoms with Gasteiger partial charge in [-0.25, -0.2) is 4.79 Å². The third kappa shape index (κ3) is 4.11. The van der Waals surface area contributed by atoms with E-state index in [4.69, 9.17) is 22.1 Å². The highest BCUT2D eigenvalue weighted by atomic mass is 35.5. The number of esters is 1. The van der Waals surface area contributed by atoms with Crippen molar-refractivity contribution in [2.24, 2.45) is 0 Å². The second-order valence-corrected chi connectivity index (χ2v) is 5.68. The number of anilines is 1. The van der Waals surface area contributed by atoms with Crippen molar-refractivity contribution in [3.05, 3.63) is 28.8 Å². The molecule has 1 atom stereocenters. The zero-order valence-electron chi connectivity index (χ0n) is 11.9. The molecule has 0 aromatic heterocycles. The van der Waals surface area contributed by atoms with E-state index in [1.54, 1.807) is 6.92 Å². The first kappa shape index (κ1) is 15.6. The van der Waals surface area contributed by atoms with Gasteiger partial charge in [0.15, 0.2) is 6.10 Å². The van der Waals surface area contributed by atoms with Crippen LogP contribution in [-0.2, 0) is 9.53 Å². The molecule has 2 rings (SSSR count). The fourth-order valence-electron chi connectivity index (χ4n) is 2.34. The van der Waals surface area contributed by atoms with Gasteiger partial charge in [-0.2, -0.15) is 0 Å². The molecule has 1 saturated carbocycles. The summed E-state index contributed by atoms with van der Waals surface area (Å²) in [6, 6.07) is 4.68. The van der Waals surface area contributed by atoms with Gasteiger partial charge >= 0.3 is 5.97 Å². The Balaban J connectivity index is 1.91. The molecular formula is C15H19ClN2O3. The summed E-state index contributed by atoms with van der Waals surface area (Å²) in [5.74, 6) is -0.857. The second kappa shape index (κ2) is 6.80. The monoisotopic (exact) mass is 310 g/mol. The van der Waals surface area contributed by atoms with E-state index >= 15 is 0 Å². The zero-order chi connectivity index (χ0) is 15.4. The molecule has 0 saturated heterocycles. The number of nitrogens with one attached hydrogen (secondary N) is 1. The fraction of sp³-hybridized carbons (Fsp3) is 0.467. The maximum Gasteiger partial charge on any atom is 0.338 e. The minimum Gasteiger partial charge on any atom is -0.449 e. The number of carbonyl (C=O) groups excluding carboxylic acids is 2. The quantitative estimate of drug-likeness (QED) is 0.661. The summed E-state index contributed by atoms with van der Waals surface area (Å²) in [6.07, 6.45) is 3.39. The van der Waals surface area contributed by atoms with Crippen LogP contribution in [0, 0.1) is 0 Å². The highest BCUT2D eigenvalue weighted by Crippen LogP contribution is 2.20. The number of carbonyl (C=O) groups is 2. The van der Waals surface area contributed by atoms with Crippen molar-refractivity contribution in [3.8, 4) is 0 Å². The Morgan fingerprint density at radius 3 is 2.67 bits per heavy atom. The van der Waals surface area contributed by atoms with Gasteiger partial charge in [0.25, 0.3) is 5.91 Å². The molecule has 1 aliphatic carbocycles. The smallest absolute Gasteiger partial charge is 0.338 e. The molecule has 21 heavy (non-hydrogen) atoms. The molecule has 1 unspecified atom stereocenters. The van der Waals surface area contributed by atoms with Crippen LogP contribution >= 0.6 is 11.6 Å². The van der Waals surface area contributed by atoms with Crippen LogP contribution in [0.1, 0.15) is 43.0 Å². The lowest BCUT2D eigenvalue weighted by molar-refractivity contribution is -0.129. The van der Waals surface area contributed by atoms with E-state index < -0.39 is 12.1 Å². The van der Waals surface area contributed by atoms with Gasteiger partial charge in [0.2, 0.25) is 0 Å². The van der Waals surface area contributed by atoms with E-state index in [9.17, 15) is 9.59 Å². The first-order chi connectivity index (χ1) is 9.97. The lowest BCUT2D eigenvalue weighted by Crippen LogP contribution is -2.40. The molecule has 1 aromatic carbocycles. The molecule has 0 spiro atoms. The first-order valence-corrected chi connectivity index (χ1v) is 7.41. The normalized spacial score (nSPS) is 16.5. The van der Waals surface area contributed by atoms with Gasteiger partial charge in [0, 0.05) is 6.04 Å². The summed E-state index contributed by atoms with van der Waals surface area (Å²) in [7, 11) is 0. The number of rotatable bonds is 4. The number of amides is 1. The van der Waals surface area contributed by atoms with Crippen LogP contribution in [-0.4, -0.2) is 24.0 Å². The molecule has 3 N–H and O–H groups in total. The Morgan fingerprint density at radius 1 is 1.38 bits per heavy atom. The summed E-state index contributed by atoms with van der Waals surface area (Å²) in [5, 5.41) is 3.27. The van der Waals surface area contributed by atoms with Crippen LogP contribution in [0.4, 0.5) is 5.69 Å². The number of ether oxygens (including phenoxy) is 1. The predicted molar refractivity (Wildman–Crippen MR) is 81.1 cm³/mol. The molecular weight excluding hydrogens is 292 g/mol. The molecule has 1 aliphatic rings. The SMILES string of the molecule is CC(OC(=O)c1ccc(Cl)c(N)c1)C(=O)NC1CCCC1. The van der Waals surface area contributed by atoms with Gasteiger partial charge in [-0.05, 0) is 38.0 Å². The van der Waals surface area contributed by atoms with Crippen LogP contribution in [0.15, 0.2) is 18.2 Å². The molecule has 5 nitrogen and oxygen atoms in total. The van der Waals surface area contributed by atoms with Crippen molar-refractivity contribution in [3.63, 3.8) is 0 Å². The topological polar surface area (TPSA) is 81.4 Å². The number of benzene rings is 1. The van der Waals surface area contributed by atoms with Gasteiger partial charge < -0.3 is 15.8 Å². The molecule has 0 radical (unpaired) electrons. The van der Waals surface area contributed by atoms with E-state index in [0.717, 1.165) is 25.7 Å². The molecule has 1 amide bonds. The standard InChI is InChI=1S/C15H19ClN2O3/c1-9(14(19)18-11-4-2-3-5-11)21-15(20)10-6-7-12(16)13(17)8-10/h6-9,11H,2-5,17H2,1H3,(H,18,19). The molecule has 1 fully saturated rings. The van der Waals surface area contributed by atoms with Gasteiger partial charge in [-0.15, -0.1) is 0 Å². The predicted octanol–water partition coefficient (Wildman–Crippen LogP) is 2.53. The summed E-state index contributed by atoms with van der Waals surface area (Å²) in [5.41, 5.74) is 6.21. The van der Waals surface area contributed by atoms with Gasteiger partial charge in [0.05, 0.1) is 16.3 Å². The molecule has 0 heterocycles. The Labute approximate surface area is 128 Å². The zero-order valence-corrected chi connectivity index (χ0v) is 12.7. The molecule has 6 heteroatoms. The summed E-state index contributed by atoms with van der Waals surface area (Å²) in [6.45, 7) is 1.56. The lowest BCUT2D eigenvalue weighted by Gasteiger charge is -2.17. The highest BCUT2D eigenvalue weighted by Gasteiger charge is 2.23. The van der Waals surface area contributed by atoms with E-state index in [0.29, 0.717) is 10.7 Å². The van der Waals surface area contributed by atoms with Gasteiger partial charge in [0.1, 0.15) is 0 Å². The second-order valence-electron chi connectivity index (χ2n) is 5.27. The largest absolute Gasteiger partial charge is 0.449 e. The molecule has 1 aromatic rings. The van der Waals surface area contributed by atoms with Gasteiger partial charge in [-0.1, -0.05) is 24.4 Å². The van der Waals surface area contributed by atoms with Crippen LogP contribution in [0.2, 0.25) is 5.02 Å². The lowest BCUT2D eigenvalue weighted by atomic mass is 10.2. The van der Waals surface area contributed by atoms with Crippen LogP contribution in [0.5, 0.6) is 0 Å². The Bertz CT molecular complexity index is 542. The van der Waals surface area contributed by atoms with Crippen molar-refractivity contribution in [2.75, 3.05) is 5.73 Å². The summed E-state index contributed by atoms with van der Waals surface area (Å²) < 4.78 is 5.15.